The molecule has 0 unspecified atom stereocenters. The quantitative estimate of drug-likeness (QED) is 0.149. The maximum Gasteiger partial charge on any atom is 0.310 e. The molecule has 414 valence electrons. The first kappa shape index (κ1) is 59.6. The van der Waals surface area contributed by atoms with Crippen LogP contribution in [0.1, 0.15) is 84.5 Å². The lowest BCUT2D eigenvalue weighted by Gasteiger charge is -2.41. The van der Waals surface area contributed by atoms with E-state index in [4.69, 9.17) is 0 Å². The molecule has 0 amide bonds. The van der Waals surface area contributed by atoms with Gasteiger partial charge in [0.05, 0.1) is 0 Å². The zero-order valence-corrected chi connectivity index (χ0v) is 43.9. The van der Waals surface area contributed by atoms with Gasteiger partial charge in [-0.2, -0.15) is 0 Å². The second-order valence-corrected chi connectivity index (χ2v) is 24.8. The Hall–Kier alpha value is -2.28. The summed E-state index contributed by atoms with van der Waals surface area (Å²) >= 11 is 0. The molecular formula is C49H86F10N10S2. The van der Waals surface area contributed by atoms with Gasteiger partial charge < -0.3 is 41.3 Å². The van der Waals surface area contributed by atoms with Gasteiger partial charge in [0, 0.05) is 161 Å². The SMILES string of the molecule is C1CCC(CN2CCNCC2)CC1.C1CCC(N2CCNCC2)C1.CCC(CC)N1CCNCC1.FS(F)(F)(F)(F)c1ccc(N2CCNCC2)cc1.FS(F)(F)(F)(F)c1cccc(N2CCNCC2)c1. The third-order valence-corrected chi connectivity index (χ3v) is 16.9. The van der Waals surface area contributed by atoms with Gasteiger partial charge in [-0.05, 0) is 86.9 Å². The molecule has 5 saturated heterocycles. The number of anilines is 2. The summed E-state index contributed by atoms with van der Waals surface area (Å²) in [4.78, 5) is 7.77. The number of hydrogen-bond acceptors (Lipinski definition) is 10. The standard InChI is InChI=1S/C11H22N2.2C10H13F5N2S.C9H18N2.C9H20N2/c1-2-4-11(5-3-1)10-13-8-6-12-7-9-13;11-18(12,13,14,15)10-3-1-9(2-4-10)17-7-5-16-6-8-17;11-18(12,13,14,15)10-3-1-2-9(8-10)17-6-4-16-5-7-17;1-2-4-9(3-1)11-7-5-10-6-8-11;1-3-9(4-2)11-7-5-10-6-8-11/h11-12H,1-10H2;1-4,16H,5-8H2;1-3,8,16H,4-7H2;9-10H,1-8H2;9-10H,3-8H2,1-2H3. The van der Waals surface area contributed by atoms with Crippen molar-refractivity contribution in [3.63, 3.8) is 0 Å². The maximum absolute atomic E-state index is 12.7. The number of halogens is 10. The van der Waals surface area contributed by atoms with Crippen LogP contribution in [-0.4, -0.2) is 164 Å². The monoisotopic (exact) mass is 1070 g/mol. The minimum absolute atomic E-state index is 0.183. The van der Waals surface area contributed by atoms with Gasteiger partial charge >= 0.3 is 20.4 Å². The smallest absolute Gasteiger partial charge is 0.310 e. The maximum atomic E-state index is 12.7. The van der Waals surface area contributed by atoms with Crippen molar-refractivity contribution in [1.82, 2.24) is 41.3 Å². The van der Waals surface area contributed by atoms with Gasteiger partial charge in [-0.3, -0.25) is 9.80 Å². The van der Waals surface area contributed by atoms with Gasteiger partial charge in [-0.15, -0.1) is 0 Å². The van der Waals surface area contributed by atoms with Crippen molar-refractivity contribution in [2.75, 3.05) is 147 Å². The van der Waals surface area contributed by atoms with Crippen LogP contribution in [-0.2, 0) is 0 Å². The fraction of sp³-hybridized carbons (Fsp3) is 0.755. The molecule has 7 fully saturated rings. The largest absolute Gasteiger partial charge is 0.369 e. The van der Waals surface area contributed by atoms with Crippen LogP contribution in [0.4, 0.5) is 50.2 Å². The summed E-state index contributed by atoms with van der Waals surface area (Å²) in [6.45, 7) is 25.7. The van der Waals surface area contributed by atoms with Gasteiger partial charge in [0.1, 0.15) is 9.79 Å². The van der Waals surface area contributed by atoms with Gasteiger partial charge in [0.25, 0.3) is 0 Å². The molecule has 7 aliphatic rings. The molecule has 9 rings (SSSR count). The lowest BCUT2D eigenvalue weighted by atomic mass is 9.89. The van der Waals surface area contributed by atoms with Gasteiger partial charge in [0.2, 0.25) is 0 Å². The minimum Gasteiger partial charge on any atom is -0.369 e. The molecule has 0 aromatic heterocycles. The molecular weight excluding hydrogens is 983 g/mol. The molecule has 22 heteroatoms. The van der Waals surface area contributed by atoms with Crippen LogP contribution < -0.4 is 36.4 Å². The van der Waals surface area contributed by atoms with E-state index in [1.54, 1.807) is 4.90 Å². The Balaban J connectivity index is 0.000000168. The van der Waals surface area contributed by atoms with E-state index in [1.807, 2.05) is 4.90 Å². The number of nitrogens with one attached hydrogen (secondary N) is 5. The number of hydrogen-bond donors (Lipinski definition) is 5. The number of piperazine rings is 5. The van der Waals surface area contributed by atoms with Crippen LogP contribution in [0.25, 0.3) is 0 Å². The van der Waals surface area contributed by atoms with Gasteiger partial charge in [-0.1, -0.05) is 90.9 Å². The number of nitrogens with zero attached hydrogens (tertiary/aromatic N) is 5. The molecule has 0 bridgehead atoms. The molecule has 0 spiro atoms. The highest BCUT2D eigenvalue weighted by atomic mass is 32.5. The average molecular weight is 1070 g/mol. The predicted molar refractivity (Wildman–Crippen MR) is 277 cm³/mol. The summed E-state index contributed by atoms with van der Waals surface area (Å²) < 4.78 is 126. The summed E-state index contributed by atoms with van der Waals surface area (Å²) in [6, 6.07) is 8.27. The molecule has 10 nitrogen and oxygen atoms in total. The first-order valence-corrected chi connectivity index (χ1v) is 30.2. The Morgan fingerprint density at radius 1 is 0.465 bits per heavy atom. The Bertz CT molecular complexity index is 1780. The van der Waals surface area contributed by atoms with E-state index in [0.717, 1.165) is 49.3 Å². The van der Waals surface area contributed by atoms with E-state index in [0.29, 0.717) is 69.2 Å². The average Bonchev–Trinajstić information content (AvgIpc) is 3.92. The van der Waals surface area contributed by atoms with Crippen LogP contribution in [0, 0.1) is 5.92 Å². The van der Waals surface area contributed by atoms with Crippen molar-refractivity contribution in [3.05, 3.63) is 48.5 Å². The Morgan fingerprint density at radius 2 is 0.887 bits per heavy atom. The second-order valence-electron chi connectivity index (χ2n) is 19.9. The van der Waals surface area contributed by atoms with Crippen LogP contribution in [0.15, 0.2) is 58.3 Å². The highest BCUT2D eigenvalue weighted by Crippen LogP contribution is 3.02. The third kappa shape index (κ3) is 21.5. The molecule has 2 aromatic carbocycles. The summed E-state index contributed by atoms with van der Waals surface area (Å²) in [6.07, 6.45) is 15.9. The van der Waals surface area contributed by atoms with E-state index >= 15 is 0 Å². The van der Waals surface area contributed by atoms with E-state index in [1.165, 1.54) is 162 Å². The first-order chi connectivity index (χ1) is 33.4. The zero-order valence-electron chi connectivity index (χ0n) is 42.3. The zero-order chi connectivity index (χ0) is 51.6. The van der Waals surface area contributed by atoms with Crippen LogP contribution in [0.3, 0.4) is 0 Å². The van der Waals surface area contributed by atoms with Crippen molar-refractivity contribution >= 4 is 31.8 Å². The third-order valence-electron chi connectivity index (χ3n) is 14.6. The summed E-state index contributed by atoms with van der Waals surface area (Å²) in [5.74, 6) is 1.02. The summed E-state index contributed by atoms with van der Waals surface area (Å²) in [5, 5.41) is 16.3. The molecule has 2 aromatic rings. The molecule has 0 atom stereocenters. The Kier molecular flexibility index (Phi) is 21.4. The van der Waals surface area contributed by atoms with E-state index in [2.05, 4.69) is 55.1 Å². The van der Waals surface area contributed by atoms with Crippen molar-refractivity contribution in [1.29, 1.82) is 0 Å². The van der Waals surface area contributed by atoms with Crippen LogP contribution in [0.5, 0.6) is 0 Å². The lowest BCUT2D eigenvalue weighted by Crippen LogP contribution is -2.48. The molecule has 2 aliphatic carbocycles. The van der Waals surface area contributed by atoms with E-state index in [9.17, 15) is 38.9 Å². The van der Waals surface area contributed by atoms with E-state index < -0.39 is 30.2 Å². The molecule has 5 aliphatic heterocycles. The molecule has 0 radical (unpaired) electrons. The van der Waals surface area contributed by atoms with Gasteiger partial charge in [0.15, 0.2) is 0 Å². The molecule has 5 heterocycles. The molecule has 5 N–H and O–H groups in total. The predicted octanol–water partition coefficient (Wildman–Crippen LogP) is 10.9. The fourth-order valence-corrected chi connectivity index (χ4v) is 11.8. The van der Waals surface area contributed by atoms with Crippen LogP contribution >= 0.6 is 20.4 Å². The van der Waals surface area contributed by atoms with Crippen molar-refractivity contribution in [3.8, 4) is 0 Å². The molecule has 71 heavy (non-hydrogen) atoms. The Morgan fingerprint density at radius 3 is 1.35 bits per heavy atom. The van der Waals surface area contributed by atoms with Crippen molar-refractivity contribution in [2.45, 2.75) is 106 Å². The van der Waals surface area contributed by atoms with Crippen LogP contribution in [0.2, 0.25) is 0 Å². The lowest BCUT2D eigenvalue weighted by molar-refractivity contribution is 0.164. The highest BCUT2D eigenvalue weighted by Gasteiger charge is 2.66. The topological polar surface area (TPSA) is 76.4 Å². The second kappa shape index (κ2) is 25.5. The first-order valence-electron chi connectivity index (χ1n) is 26.3. The summed E-state index contributed by atoms with van der Waals surface area (Å²) in [5.41, 5.74) is 0.712. The number of benzene rings is 2. The fourth-order valence-electron chi connectivity index (χ4n) is 10.5. The number of rotatable bonds is 10. The van der Waals surface area contributed by atoms with Crippen molar-refractivity contribution < 1.29 is 38.9 Å². The normalized spacial score (nSPS) is 23.7. The van der Waals surface area contributed by atoms with Gasteiger partial charge in [-0.25, -0.2) is 0 Å². The summed E-state index contributed by atoms with van der Waals surface area (Å²) in [7, 11) is -19.1. The Labute approximate surface area is 418 Å². The molecule has 2 saturated carbocycles. The van der Waals surface area contributed by atoms with Crippen molar-refractivity contribution in [2.24, 2.45) is 5.92 Å². The van der Waals surface area contributed by atoms with E-state index in [-0.39, 0.29) is 5.69 Å². The minimum atomic E-state index is -9.58. The highest BCUT2D eigenvalue weighted by molar-refractivity contribution is 8.46.